The van der Waals surface area contributed by atoms with Crippen LogP contribution in [0.3, 0.4) is 0 Å². The molecule has 0 atom stereocenters. The molecule has 0 aliphatic carbocycles. The highest BCUT2D eigenvalue weighted by molar-refractivity contribution is 5.21. The summed E-state index contributed by atoms with van der Waals surface area (Å²) in [6.07, 6.45) is 0. The summed E-state index contributed by atoms with van der Waals surface area (Å²) in [5.41, 5.74) is -0.289. The zero-order valence-electron chi connectivity index (χ0n) is 7.16. The molecule has 1 heterocycles. The number of hydrogen-bond acceptors (Lipinski definition) is 4. The van der Waals surface area contributed by atoms with Crippen molar-refractivity contribution in [2.24, 2.45) is 5.16 Å². The number of H-pyrrole nitrogens is 1. The molecule has 5 nitrogen and oxygen atoms in total. The lowest BCUT2D eigenvalue weighted by atomic mass is 10.5. The van der Waals surface area contributed by atoms with E-state index >= 15 is 0 Å². The Morgan fingerprint density at radius 2 is 2.42 bits per heavy atom. The molecule has 1 N–H and O–H groups in total. The number of aromatic nitrogens is 1. The molecule has 0 spiro atoms. The van der Waals surface area contributed by atoms with Crippen LogP contribution in [0.5, 0.6) is 0 Å². The summed E-state index contributed by atoms with van der Waals surface area (Å²) in [6.45, 7) is 7.21. The maximum atomic E-state index is 10.4. The second-order valence-electron chi connectivity index (χ2n) is 1.58. The highest BCUT2D eigenvalue weighted by Crippen LogP contribution is 1.94. The topological polar surface area (TPSA) is 67.6 Å². The Bertz CT molecular complexity index is 264. The molecule has 0 fully saturated rings. The van der Waals surface area contributed by atoms with Crippen molar-refractivity contribution in [1.29, 1.82) is 0 Å². The normalized spacial score (nSPS) is 8.17. The van der Waals surface area contributed by atoms with Gasteiger partial charge in [-0.2, -0.15) is 5.16 Å². The van der Waals surface area contributed by atoms with Gasteiger partial charge in [-0.05, 0) is 0 Å². The predicted molar refractivity (Wildman–Crippen MR) is 45.0 cm³/mol. The zero-order chi connectivity index (χ0) is 9.40. The minimum absolute atomic E-state index is 0.127. The molecule has 5 heteroatoms. The minimum Gasteiger partial charge on any atom is -0.388 e. The van der Waals surface area contributed by atoms with Gasteiger partial charge in [-0.15, -0.1) is 5.16 Å². The monoisotopic (exact) mass is 172 g/mol. The van der Waals surface area contributed by atoms with E-state index in [4.69, 9.17) is 0 Å². The van der Waals surface area contributed by atoms with Crippen molar-refractivity contribution in [3.05, 3.63) is 22.2 Å². The molecule has 0 radical (unpaired) electrons. The van der Waals surface area contributed by atoms with Crippen molar-refractivity contribution >= 4 is 6.72 Å². The number of nitrogens with zero attached hydrogens (tertiary/aromatic N) is 1. The Morgan fingerprint density at radius 1 is 1.75 bits per heavy atom. The van der Waals surface area contributed by atoms with Gasteiger partial charge in [-0.1, -0.05) is 13.8 Å². The highest BCUT2D eigenvalue weighted by atomic mass is 16.6. The Labute approximate surface area is 70.0 Å². The first-order valence-corrected chi connectivity index (χ1v) is 3.58. The van der Waals surface area contributed by atoms with E-state index < -0.39 is 0 Å². The van der Waals surface area contributed by atoms with Crippen LogP contribution >= 0.6 is 0 Å². The van der Waals surface area contributed by atoms with Gasteiger partial charge in [0.15, 0.2) is 12.4 Å². The Morgan fingerprint density at radius 3 is 2.83 bits per heavy atom. The molecular weight excluding hydrogens is 160 g/mol. The van der Waals surface area contributed by atoms with Gasteiger partial charge in [0.25, 0.3) is 5.56 Å². The molecule has 0 saturated carbocycles. The van der Waals surface area contributed by atoms with Gasteiger partial charge in [-0.25, -0.2) is 0 Å². The van der Waals surface area contributed by atoms with Crippen LogP contribution in [0.2, 0.25) is 0 Å². The summed E-state index contributed by atoms with van der Waals surface area (Å²) in [5.74, 6) is 0.400. The standard InChI is InChI=1S/C5H6N2O3.C2H6/c1-6-9-3-4-2-5(8)7-10-4;1-2/h2H,1,3H2,(H,7,8);1-2H3. The van der Waals surface area contributed by atoms with Crippen LogP contribution in [-0.4, -0.2) is 11.9 Å². The fraction of sp³-hybridized carbons (Fsp3) is 0.429. The lowest BCUT2D eigenvalue weighted by molar-refractivity contribution is 0.111. The van der Waals surface area contributed by atoms with Gasteiger partial charge in [0.05, 0.1) is 6.07 Å². The lowest BCUT2D eigenvalue weighted by Gasteiger charge is -1.89. The molecule has 0 saturated heterocycles. The molecule has 12 heavy (non-hydrogen) atoms. The van der Waals surface area contributed by atoms with Crippen LogP contribution in [0.15, 0.2) is 20.5 Å². The van der Waals surface area contributed by atoms with Crippen LogP contribution in [0.25, 0.3) is 0 Å². The number of aromatic amines is 1. The predicted octanol–water partition coefficient (Wildman–Crippen LogP) is 1.13. The third-order valence-electron chi connectivity index (χ3n) is 0.873. The van der Waals surface area contributed by atoms with Crippen molar-refractivity contribution in [2.75, 3.05) is 0 Å². The van der Waals surface area contributed by atoms with E-state index in [2.05, 4.69) is 26.4 Å². The summed E-state index contributed by atoms with van der Waals surface area (Å²) in [4.78, 5) is 14.9. The maximum absolute atomic E-state index is 10.4. The molecule has 1 aromatic heterocycles. The maximum Gasteiger partial charge on any atom is 0.280 e. The smallest absolute Gasteiger partial charge is 0.280 e. The molecule has 0 unspecified atom stereocenters. The highest BCUT2D eigenvalue weighted by Gasteiger charge is 1.97. The van der Waals surface area contributed by atoms with Gasteiger partial charge in [-0.3, -0.25) is 4.79 Å². The van der Waals surface area contributed by atoms with E-state index in [1.165, 1.54) is 6.07 Å². The summed E-state index contributed by atoms with van der Waals surface area (Å²) >= 11 is 0. The summed E-state index contributed by atoms with van der Waals surface area (Å²) in [7, 11) is 0. The van der Waals surface area contributed by atoms with E-state index in [1.54, 1.807) is 0 Å². The zero-order valence-corrected chi connectivity index (χ0v) is 7.16. The quantitative estimate of drug-likeness (QED) is 0.548. The van der Waals surface area contributed by atoms with E-state index in [-0.39, 0.29) is 12.2 Å². The first kappa shape index (κ1) is 10.5. The van der Waals surface area contributed by atoms with Gasteiger partial charge in [0.1, 0.15) is 0 Å². The van der Waals surface area contributed by atoms with Crippen LogP contribution in [0, 0.1) is 0 Å². The molecular formula is C7H12N2O3. The van der Waals surface area contributed by atoms with Crippen molar-refractivity contribution in [3.8, 4) is 0 Å². The number of hydrogen-bond donors (Lipinski definition) is 1. The average molecular weight is 172 g/mol. The molecule has 0 amide bonds. The van der Waals surface area contributed by atoms with Gasteiger partial charge >= 0.3 is 0 Å². The molecule has 1 rings (SSSR count). The molecule has 1 aromatic rings. The molecule has 0 aromatic carbocycles. The van der Waals surface area contributed by atoms with Crippen LogP contribution in [0.4, 0.5) is 0 Å². The number of nitrogens with one attached hydrogen (secondary N) is 1. The molecule has 0 aliphatic rings. The van der Waals surface area contributed by atoms with Gasteiger partial charge < -0.3 is 9.36 Å². The van der Waals surface area contributed by atoms with Crippen molar-refractivity contribution in [2.45, 2.75) is 20.5 Å². The fourth-order valence-electron chi connectivity index (χ4n) is 0.501. The minimum atomic E-state index is -0.289. The largest absolute Gasteiger partial charge is 0.388 e. The second-order valence-corrected chi connectivity index (χ2v) is 1.58. The van der Waals surface area contributed by atoms with E-state index in [1.807, 2.05) is 13.8 Å². The van der Waals surface area contributed by atoms with Crippen molar-refractivity contribution < 1.29 is 9.36 Å². The van der Waals surface area contributed by atoms with E-state index in [9.17, 15) is 4.79 Å². The van der Waals surface area contributed by atoms with Gasteiger partial charge in [0.2, 0.25) is 0 Å². The average Bonchev–Trinajstić information content (AvgIpc) is 2.51. The molecule has 68 valence electrons. The molecule has 0 aliphatic heterocycles. The third kappa shape index (κ3) is 3.60. The lowest BCUT2D eigenvalue weighted by Crippen LogP contribution is -1.93. The fourth-order valence-corrected chi connectivity index (χ4v) is 0.501. The van der Waals surface area contributed by atoms with Crippen LogP contribution in [-0.2, 0) is 11.4 Å². The Balaban J connectivity index is 0.000000561. The SMILES string of the molecule is C=NOCc1cc(=O)[nH]o1.CC. The van der Waals surface area contributed by atoms with Gasteiger partial charge in [0, 0.05) is 6.72 Å². The second kappa shape index (κ2) is 6.21. The first-order chi connectivity index (χ1) is 5.83. The number of rotatable bonds is 3. The van der Waals surface area contributed by atoms with Crippen molar-refractivity contribution in [1.82, 2.24) is 5.16 Å². The Hall–Kier alpha value is -1.52. The summed E-state index contributed by atoms with van der Waals surface area (Å²) in [6, 6.07) is 1.28. The van der Waals surface area contributed by atoms with Crippen LogP contribution in [0.1, 0.15) is 19.6 Å². The van der Waals surface area contributed by atoms with Crippen molar-refractivity contribution in [3.63, 3.8) is 0 Å². The summed E-state index contributed by atoms with van der Waals surface area (Å²) < 4.78 is 4.62. The van der Waals surface area contributed by atoms with E-state index in [0.717, 1.165) is 0 Å². The third-order valence-corrected chi connectivity index (χ3v) is 0.873. The summed E-state index contributed by atoms with van der Waals surface area (Å²) in [5, 5.41) is 5.22. The van der Waals surface area contributed by atoms with E-state index in [0.29, 0.717) is 5.76 Å². The first-order valence-electron chi connectivity index (χ1n) is 3.58. The van der Waals surface area contributed by atoms with Crippen LogP contribution < -0.4 is 5.56 Å². The molecule has 0 bridgehead atoms. The number of oxime groups is 1. The Kier molecular flexibility index (Phi) is 5.42.